The molecule has 0 radical (unpaired) electrons. The van der Waals surface area contributed by atoms with Gasteiger partial charge in [-0.15, -0.1) is 0 Å². The van der Waals surface area contributed by atoms with Gasteiger partial charge in [0.05, 0.1) is 0 Å². The average Bonchev–Trinajstić information content (AvgIpc) is 2.08. The lowest BCUT2D eigenvalue weighted by molar-refractivity contribution is -0.0617. The first kappa shape index (κ1) is 8.36. The Labute approximate surface area is 62.7 Å². The summed E-state index contributed by atoms with van der Waals surface area (Å²) in [6.07, 6.45) is -4.26. The largest absolute Gasteiger partial charge is 0.431 e. The summed E-state index contributed by atoms with van der Waals surface area (Å²) in [6, 6.07) is 0. The topological polar surface area (TPSA) is 15.6 Å². The van der Waals surface area contributed by atoms with Crippen molar-refractivity contribution in [2.75, 3.05) is 13.6 Å². The summed E-state index contributed by atoms with van der Waals surface area (Å²) >= 11 is 0. The van der Waals surface area contributed by atoms with E-state index in [0.717, 1.165) is 0 Å². The Morgan fingerprint density at radius 2 is 2.09 bits per heavy atom. The molecular weight excluding hydrogens is 157 g/mol. The van der Waals surface area contributed by atoms with E-state index >= 15 is 0 Å². The third-order valence-electron chi connectivity index (χ3n) is 1.57. The van der Waals surface area contributed by atoms with Crippen LogP contribution >= 0.6 is 0 Å². The molecule has 0 aliphatic carbocycles. The van der Waals surface area contributed by atoms with Crippen LogP contribution in [0.3, 0.4) is 0 Å². The molecule has 0 N–H and O–H groups in total. The number of rotatable bonds is 0. The molecule has 0 bridgehead atoms. The first-order chi connectivity index (χ1) is 4.91. The maximum absolute atomic E-state index is 12.0. The van der Waals surface area contributed by atoms with E-state index in [2.05, 4.69) is 5.10 Å². The number of halogens is 3. The molecule has 0 spiro atoms. The van der Waals surface area contributed by atoms with Gasteiger partial charge in [0, 0.05) is 19.5 Å². The molecule has 0 aromatic heterocycles. The van der Waals surface area contributed by atoms with Gasteiger partial charge in [-0.25, -0.2) is 0 Å². The minimum Gasteiger partial charge on any atom is -0.299 e. The molecule has 0 amide bonds. The summed E-state index contributed by atoms with van der Waals surface area (Å²) in [7, 11) is 1.54. The van der Waals surface area contributed by atoms with Crippen molar-refractivity contribution in [2.24, 2.45) is 11.0 Å². The van der Waals surface area contributed by atoms with Gasteiger partial charge in [0.2, 0.25) is 0 Å². The molecule has 1 aliphatic heterocycles. The molecule has 5 heteroatoms. The maximum Gasteiger partial charge on any atom is 0.431 e. The zero-order valence-corrected chi connectivity index (χ0v) is 6.31. The standard InChI is InChI=1S/C6H9F3N2/c1-4-3-11(2)10-5(4)6(7,8)9/h4H,3H2,1-2H3. The maximum atomic E-state index is 12.0. The van der Waals surface area contributed by atoms with Crippen LogP contribution in [0.4, 0.5) is 13.2 Å². The zero-order valence-electron chi connectivity index (χ0n) is 6.31. The third-order valence-corrected chi connectivity index (χ3v) is 1.57. The van der Waals surface area contributed by atoms with E-state index in [-0.39, 0.29) is 0 Å². The second kappa shape index (κ2) is 2.39. The molecule has 2 nitrogen and oxygen atoms in total. The minimum atomic E-state index is -4.26. The van der Waals surface area contributed by atoms with Crippen molar-refractivity contribution < 1.29 is 13.2 Å². The van der Waals surface area contributed by atoms with Crippen molar-refractivity contribution in [3.63, 3.8) is 0 Å². The van der Waals surface area contributed by atoms with Gasteiger partial charge >= 0.3 is 6.18 Å². The number of hydrogen-bond donors (Lipinski definition) is 0. The number of hydrogen-bond acceptors (Lipinski definition) is 2. The van der Waals surface area contributed by atoms with Gasteiger partial charge in [-0.05, 0) is 0 Å². The SMILES string of the molecule is CC1CN(C)N=C1C(F)(F)F. The van der Waals surface area contributed by atoms with Gasteiger partial charge in [0.25, 0.3) is 0 Å². The molecule has 1 unspecified atom stereocenters. The molecule has 1 rings (SSSR count). The predicted molar refractivity (Wildman–Crippen MR) is 35.3 cm³/mol. The Morgan fingerprint density at radius 3 is 2.27 bits per heavy atom. The Bertz CT molecular complexity index is 185. The lowest BCUT2D eigenvalue weighted by Gasteiger charge is -2.08. The smallest absolute Gasteiger partial charge is 0.299 e. The number of nitrogens with zero attached hydrogens (tertiary/aromatic N) is 2. The van der Waals surface area contributed by atoms with Crippen molar-refractivity contribution in [1.29, 1.82) is 0 Å². The van der Waals surface area contributed by atoms with Crippen LogP contribution in [0.1, 0.15) is 6.92 Å². The van der Waals surface area contributed by atoms with Crippen LogP contribution < -0.4 is 0 Å². The van der Waals surface area contributed by atoms with E-state index in [4.69, 9.17) is 0 Å². The number of alkyl halides is 3. The van der Waals surface area contributed by atoms with E-state index in [1.54, 1.807) is 0 Å². The molecule has 64 valence electrons. The van der Waals surface area contributed by atoms with Crippen molar-refractivity contribution >= 4 is 5.71 Å². The summed E-state index contributed by atoms with van der Waals surface area (Å²) in [5.41, 5.74) is -0.667. The van der Waals surface area contributed by atoms with Gasteiger partial charge < -0.3 is 0 Å². The van der Waals surface area contributed by atoms with E-state index in [1.165, 1.54) is 19.0 Å². The third kappa shape index (κ3) is 1.64. The Morgan fingerprint density at radius 1 is 1.55 bits per heavy atom. The van der Waals surface area contributed by atoms with Crippen LogP contribution in [-0.4, -0.2) is 30.5 Å². The molecule has 0 saturated heterocycles. The monoisotopic (exact) mass is 166 g/mol. The first-order valence-corrected chi connectivity index (χ1v) is 3.28. The summed E-state index contributed by atoms with van der Waals surface area (Å²) in [5, 5.41) is 4.68. The fourth-order valence-corrected chi connectivity index (χ4v) is 1.14. The Hall–Kier alpha value is -0.740. The molecule has 1 aliphatic rings. The van der Waals surface area contributed by atoms with Gasteiger partial charge in [0.15, 0.2) is 0 Å². The fourth-order valence-electron chi connectivity index (χ4n) is 1.14. The highest BCUT2D eigenvalue weighted by Gasteiger charge is 2.42. The summed E-state index contributed by atoms with van der Waals surface area (Å²) in [6.45, 7) is 1.88. The summed E-state index contributed by atoms with van der Waals surface area (Å²) in [4.78, 5) is 0. The average molecular weight is 166 g/mol. The lowest BCUT2D eigenvalue weighted by Crippen LogP contribution is -2.27. The second-order valence-corrected chi connectivity index (χ2v) is 2.72. The van der Waals surface area contributed by atoms with Gasteiger partial charge in [0.1, 0.15) is 5.71 Å². The van der Waals surface area contributed by atoms with Crippen LogP contribution in [0.2, 0.25) is 0 Å². The van der Waals surface area contributed by atoms with Gasteiger partial charge in [-0.1, -0.05) is 6.92 Å². The molecular formula is C6H9F3N2. The van der Waals surface area contributed by atoms with E-state index < -0.39 is 17.8 Å². The Balaban J connectivity index is 2.80. The van der Waals surface area contributed by atoms with Crippen LogP contribution in [0.25, 0.3) is 0 Å². The fraction of sp³-hybridized carbons (Fsp3) is 0.833. The van der Waals surface area contributed by atoms with Crippen LogP contribution in [0, 0.1) is 5.92 Å². The molecule has 1 atom stereocenters. The van der Waals surface area contributed by atoms with Crippen LogP contribution in [-0.2, 0) is 0 Å². The second-order valence-electron chi connectivity index (χ2n) is 2.72. The Kier molecular flexibility index (Phi) is 1.82. The lowest BCUT2D eigenvalue weighted by atomic mass is 10.1. The molecule has 0 fully saturated rings. The molecule has 11 heavy (non-hydrogen) atoms. The van der Waals surface area contributed by atoms with E-state index in [9.17, 15) is 13.2 Å². The van der Waals surface area contributed by atoms with Gasteiger partial charge in [-0.3, -0.25) is 5.01 Å². The number of hydrazone groups is 1. The molecule has 0 saturated carbocycles. The highest BCUT2D eigenvalue weighted by molar-refractivity contribution is 5.92. The quantitative estimate of drug-likeness (QED) is 0.532. The zero-order chi connectivity index (χ0) is 8.65. The molecule has 0 aromatic carbocycles. The van der Waals surface area contributed by atoms with Crippen molar-refractivity contribution in [1.82, 2.24) is 5.01 Å². The normalized spacial score (nSPS) is 25.7. The van der Waals surface area contributed by atoms with Crippen LogP contribution in [0.5, 0.6) is 0 Å². The van der Waals surface area contributed by atoms with Crippen molar-refractivity contribution in [2.45, 2.75) is 13.1 Å². The molecule has 0 aromatic rings. The van der Waals surface area contributed by atoms with E-state index in [1.807, 2.05) is 0 Å². The predicted octanol–water partition coefficient (Wildman–Crippen LogP) is 1.49. The van der Waals surface area contributed by atoms with Crippen LogP contribution in [0.15, 0.2) is 5.10 Å². The minimum absolute atomic E-state index is 0.356. The van der Waals surface area contributed by atoms with E-state index in [0.29, 0.717) is 6.54 Å². The molecule has 1 heterocycles. The summed E-state index contributed by atoms with van der Waals surface area (Å²) in [5.74, 6) is -0.500. The first-order valence-electron chi connectivity index (χ1n) is 3.28. The van der Waals surface area contributed by atoms with Crippen molar-refractivity contribution in [3.8, 4) is 0 Å². The van der Waals surface area contributed by atoms with Gasteiger partial charge in [-0.2, -0.15) is 18.3 Å². The van der Waals surface area contributed by atoms with Crippen molar-refractivity contribution in [3.05, 3.63) is 0 Å². The highest BCUT2D eigenvalue weighted by Crippen LogP contribution is 2.26. The highest BCUT2D eigenvalue weighted by atomic mass is 19.4. The summed E-state index contributed by atoms with van der Waals surface area (Å²) < 4.78 is 36.1.